The third-order valence-electron chi connectivity index (χ3n) is 2.59. The second-order valence-corrected chi connectivity index (χ2v) is 3.88. The molecule has 0 aromatic heterocycles. The third-order valence-corrected chi connectivity index (χ3v) is 2.59. The summed E-state index contributed by atoms with van der Waals surface area (Å²) in [5, 5.41) is 13.7. The molecule has 0 unspecified atom stereocenters. The first-order chi connectivity index (χ1) is 8.75. The summed E-state index contributed by atoms with van der Waals surface area (Å²) in [4.78, 5) is 10.1. The molecule has 0 saturated heterocycles. The largest absolute Gasteiger partial charge is 0.384 e. The molecule has 0 aliphatic carbocycles. The molecule has 1 radical (unpaired) electrons. The van der Waals surface area contributed by atoms with Crippen LogP contribution >= 0.6 is 0 Å². The Kier molecular flexibility index (Phi) is 3.91. The lowest BCUT2D eigenvalue weighted by molar-refractivity contribution is -0.384. The van der Waals surface area contributed by atoms with E-state index in [1.807, 2.05) is 24.3 Å². The molecule has 0 atom stereocenters. The molecule has 0 heterocycles. The Bertz CT molecular complexity index is 509. The molecule has 2 aromatic rings. The second kappa shape index (κ2) is 5.82. The Balaban J connectivity index is 1.85. The van der Waals surface area contributed by atoms with Crippen LogP contribution in [0.1, 0.15) is 5.56 Å². The van der Waals surface area contributed by atoms with Crippen molar-refractivity contribution >= 4 is 11.4 Å². The van der Waals surface area contributed by atoms with E-state index >= 15 is 0 Å². The van der Waals surface area contributed by atoms with Gasteiger partial charge in [0.15, 0.2) is 0 Å². The van der Waals surface area contributed by atoms with Crippen molar-refractivity contribution in [2.45, 2.75) is 6.42 Å². The highest BCUT2D eigenvalue weighted by atomic mass is 16.6. The first-order valence-electron chi connectivity index (χ1n) is 5.69. The van der Waals surface area contributed by atoms with Gasteiger partial charge in [-0.3, -0.25) is 10.1 Å². The molecular weight excluding hydrogens is 228 g/mol. The molecule has 0 aliphatic rings. The molecule has 0 amide bonds. The van der Waals surface area contributed by atoms with Crippen LogP contribution in [-0.2, 0) is 6.42 Å². The van der Waals surface area contributed by atoms with E-state index in [1.54, 1.807) is 12.1 Å². The molecule has 4 nitrogen and oxygen atoms in total. The normalized spacial score (nSPS) is 10.0. The van der Waals surface area contributed by atoms with Gasteiger partial charge in [0.05, 0.1) is 4.92 Å². The summed E-state index contributed by atoms with van der Waals surface area (Å²) in [5.74, 6) is 0. The van der Waals surface area contributed by atoms with Gasteiger partial charge in [0, 0.05) is 30.4 Å². The summed E-state index contributed by atoms with van der Waals surface area (Å²) in [6.45, 7) is 0.776. The Morgan fingerprint density at radius 2 is 1.94 bits per heavy atom. The fraction of sp³-hybridized carbons (Fsp3) is 0.143. The first kappa shape index (κ1) is 12.1. The van der Waals surface area contributed by atoms with Gasteiger partial charge in [-0.25, -0.2) is 0 Å². The number of nitro benzene ring substituents is 1. The molecule has 0 aliphatic heterocycles. The zero-order chi connectivity index (χ0) is 12.8. The smallest absolute Gasteiger partial charge is 0.269 e. The molecule has 1 N–H and O–H groups in total. The third kappa shape index (κ3) is 3.31. The molecular formula is C14H13N2O2. The second-order valence-electron chi connectivity index (χ2n) is 3.88. The highest BCUT2D eigenvalue weighted by Gasteiger charge is 2.03. The number of anilines is 1. The molecule has 2 aromatic carbocycles. The molecule has 18 heavy (non-hydrogen) atoms. The Morgan fingerprint density at radius 1 is 1.17 bits per heavy atom. The number of non-ortho nitro benzene ring substituents is 1. The van der Waals surface area contributed by atoms with Crippen LogP contribution in [0.4, 0.5) is 11.4 Å². The van der Waals surface area contributed by atoms with E-state index < -0.39 is 0 Å². The monoisotopic (exact) mass is 241 g/mol. The van der Waals surface area contributed by atoms with Crippen LogP contribution < -0.4 is 5.32 Å². The van der Waals surface area contributed by atoms with Crippen molar-refractivity contribution in [3.63, 3.8) is 0 Å². The standard InChI is InChI=1S/C14H13N2O2/c17-16(18)14-8-6-12(7-9-14)10-11-15-13-4-2-1-3-5-13/h1-4,6-9,15H,10-11H2. The molecule has 0 bridgehead atoms. The Hall–Kier alpha value is -2.36. The quantitative estimate of drug-likeness (QED) is 0.646. The van der Waals surface area contributed by atoms with Crippen LogP contribution in [0.5, 0.6) is 0 Å². The lowest BCUT2D eigenvalue weighted by Gasteiger charge is -2.05. The van der Waals surface area contributed by atoms with Gasteiger partial charge in [-0.15, -0.1) is 0 Å². The van der Waals surface area contributed by atoms with Crippen LogP contribution in [-0.4, -0.2) is 11.5 Å². The number of nitro groups is 1. The molecule has 0 fully saturated rings. The van der Waals surface area contributed by atoms with Crippen LogP contribution in [0.3, 0.4) is 0 Å². The van der Waals surface area contributed by atoms with Gasteiger partial charge in [0.1, 0.15) is 0 Å². The maximum atomic E-state index is 10.5. The van der Waals surface area contributed by atoms with Crippen molar-refractivity contribution in [1.29, 1.82) is 0 Å². The van der Waals surface area contributed by atoms with E-state index in [0.29, 0.717) is 0 Å². The zero-order valence-electron chi connectivity index (χ0n) is 9.80. The van der Waals surface area contributed by atoms with E-state index in [1.165, 1.54) is 12.1 Å². The number of hydrogen-bond acceptors (Lipinski definition) is 3. The predicted octanol–water partition coefficient (Wildman–Crippen LogP) is 3.05. The van der Waals surface area contributed by atoms with Crippen molar-refractivity contribution < 1.29 is 4.92 Å². The fourth-order valence-electron chi connectivity index (χ4n) is 1.63. The van der Waals surface area contributed by atoms with E-state index in [0.717, 1.165) is 24.2 Å². The van der Waals surface area contributed by atoms with Gasteiger partial charge in [-0.05, 0) is 18.1 Å². The number of benzene rings is 2. The van der Waals surface area contributed by atoms with Crippen LogP contribution in [0.15, 0.2) is 48.5 Å². The van der Waals surface area contributed by atoms with Crippen molar-refractivity contribution in [1.82, 2.24) is 0 Å². The number of rotatable bonds is 5. The van der Waals surface area contributed by atoms with Crippen LogP contribution in [0.2, 0.25) is 0 Å². The molecule has 91 valence electrons. The van der Waals surface area contributed by atoms with Gasteiger partial charge >= 0.3 is 0 Å². The average Bonchev–Trinajstić information content (AvgIpc) is 2.40. The summed E-state index contributed by atoms with van der Waals surface area (Å²) in [7, 11) is 0. The van der Waals surface area contributed by atoms with Crippen molar-refractivity contribution in [3.8, 4) is 0 Å². The first-order valence-corrected chi connectivity index (χ1v) is 5.69. The average molecular weight is 241 g/mol. The predicted molar refractivity (Wildman–Crippen MR) is 70.6 cm³/mol. The van der Waals surface area contributed by atoms with Crippen LogP contribution in [0, 0.1) is 16.2 Å². The van der Waals surface area contributed by atoms with Gasteiger partial charge in [-0.1, -0.05) is 30.3 Å². The number of hydrogen-bond donors (Lipinski definition) is 1. The zero-order valence-corrected chi connectivity index (χ0v) is 9.80. The van der Waals surface area contributed by atoms with E-state index in [-0.39, 0.29) is 10.6 Å². The van der Waals surface area contributed by atoms with Crippen molar-refractivity contribution in [2.24, 2.45) is 0 Å². The Morgan fingerprint density at radius 3 is 2.56 bits per heavy atom. The van der Waals surface area contributed by atoms with Gasteiger partial charge in [0.25, 0.3) is 5.69 Å². The minimum Gasteiger partial charge on any atom is -0.384 e. The topological polar surface area (TPSA) is 55.2 Å². The number of nitrogens with one attached hydrogen (secondary N) is 1. The van der Waals surface area contributed by atoms with Crippen molar-refractivity contribution in [2.75, 3.05) is 11.9 Å². The minimum absolute atomic E-state index is 0.128. The van der Waals surface area contributed by atoms with Crippen molar-refractivity contribution in [3.05, 3.63) is 70.3 Å². The maximum absolute atomic E-state index is 10.5. The highest BCUT2D eigenvalue weighted by molar-refractivity contribution is 5.41. The SMILES string of the molecule is O=[N+]([O-])c1ccc(CCNc2[c]cccc2)cc1. The molecule has 0 spiro atoms. The summed E-state index contributed by atoms with van der Waals surface area (Å²) < 4.78 is 0. The van der Waals surface area contributed by atoms with E-state index in [2.05, 4.69) is 11.4 Å². The number of nitrogens with zero attached hydrogens (tertiary/aromatic N) is 1. The number of para-hydroxylation sites is 1. The van der Waals surface area contributed by atoms with Gasteiger partial charge < -0.3 is 5.32 Å². The maximum Gasteiger partial charge on any atom is 0.269 e. The lowest BCUT2D eigenvalue weighted by atomic mass is 10.1. The summed E-state index contributed by atoms with van der Waals surface area (Å²) in [6.07, 6.45) is 0.820. The fourth-order valence-corrected chi connectivity index (χ4v) is 1.63. The molecule has 4 heteroatoms. The van der Waals surface area contributed by atoms with E-state index in [4.69, 9.17) is 0 Å². The summed E-state index contributed by atoms with van der Waals surface area (Å²) in [6, 6.07) is 17.4. The molecule has 0 saturated carbocycles. The Labute approximate surface area is 105 Å². The van der Waals surface area contributed by atoms with Crippen LogP contribution in [0.25, 0.3) is 0 Å². The van der Waals surface area contributed by atoms with Gasteiger partial charge in [-0.2, -0.15) is 0 Å². The highest BCUT2D eigenvalue weighted by Crippen LogP contribution is 2.12. The summed E-state index contributed by atoms with van der Waals surface area (Å²) in [5.41, 5.74) is 2.16. The minimum atomic E-state index is -0.388. The van der Waals surface area contributed by atoms with E-state index in [9.17, 15) is 10.1 Å². The molecule has 2 rings (SSSR count). The van der Waals surface area contributed by atoms with Gasteiger partial charge in [0.2, 0.25) is 0 Å². The summed E-state index contributed by atoms with van der Waals surface area (Å²) >= 11 is 0. The lowest BCUT2D eigenvalue weighted by Crippen LogP contribution is -2.04.